The second-order valence-electron chi connectivity index (χ2n) is 8.13. The highest BCUT2D eigenvalue weighted by molar-refractivity contribution is 6.09. The molecule has 2 fully saturated rings. The van der Waals surface area contributed by atoms with Gasteiger partial charge in [-0.3, -0.25) is 19.3 Å². The minimum atomic E-state index is -0.943. The number of hydrogen-bond acceptors (Lipinski definition) is 5. The third-order valence-corrected chi connectivity index (χ3v) is 5.65. The van der Waals surface area contributed by atoms with Crippen LogP contribution in [0, 0.1) is 19.8 Å². The van der Waals surface area contributed by atoms with Gasteiger partial charge in [-0.05, 0) is 59.4 Å². The molecule has 0 unspecified atom stereocenters. The Morgan fingerprint density at radius 3 is 2.46 bits per heavy atom. The summed E-state index contributed by atoms with van der Waals surface area (Å²) < 4.78 is 7.10. The third kappa shape index (κ3) is 3.43. The number of nitrogens with zero attached hydrogens (tertiary/aromatic N) is 2. The molecule has 28 heavy (non-hydrogen) atoms. The van der Waals surface area contributed by atoms with Crippen molar-refractivity contribution in [3.05, 3.63) is 23.0 Å². The number of imide groups is 1. The Hall–Kier alpha value is -2.64. The van der Waals surface area contributed by atoms with Crippen LogP contribution in [0.5, 0.6) is 0 Å². The van der Waals surface area contributed by atoms with Gasteiger partial charge in [-0.15, -0.1) is 0 Å². The largest absolute Gasteiger partial charge is 0.456 e. The van der Waals surface area contributed by atoms with E-state index in [4.69, 9.17) is 4.74 Å². The number of hydrogen-bond donors (Lipinski definition) is 1. The standard InChI is InChI=1S/C20H27N3O5/c1-11(2)23-12(3)8-15(13(23)4)16(24)10-28-17(25)9-22-18(26)20(5,14-6-7-14)21-19(22)27/h8,11,14H,6-7,9-10H2,1-5H3,(H,21,27)/t20-/m1/s1. The number of carbonyl (C=O) groups excluding carboxylic acids is 4. The maximum atomic E-state index is 12.5. The number of ketones is 1. The fraction of sp³-hybridized carbons (Fsp3) is 0.600. The van der Waals surface area contributed by atoms with Gasteiger partial charge in [0.2, 0.25) is 5.78 Å². The lowest BCUT2D eigenvalue weighted by Gasteiger charge is -2.20. The fourth-order valence-corrected chi connectivity index (χ4v) is 4.05. The molecule has 152 valence electrons. The summed E-state index contributed by atoms with van der Waals surface area (Å²) >= 11 is 0. The van der Waals surface area contributed by atoms with Crippen LogP contribution in [-0.2, 0) is 14.3 Å². The Labute approximate surface area is 164 Å². The Balaban J connectivity index is 1.59. The van der Waals surface area contributed by atoms with Crippen molar-refractivity contribution >= 4 is 23.7 Å². The van der Waals surface area contributed by atoms with E-state index in [1.54, 1.807) is 13.0 Å². The summed E-state index contributed by atoms with van der Waals surface area (Å²) in [6.45, 7) is 8.60. The molecule has 1 aliphatic carbocycles. The van der Waals surface area contributed by atoms with Crippen molar-refractivity contribution in [2.75, 3.05) is 13.2 Å². The Kier molecular flexibility index (Phi) is 5.08. The monoisotopic (exact) mass is 389 g/mol. The molecule has 1 saturated heterocycles. The van der Waals surface area contributed by atoms with Gasteiger partial charge >= 0.3 is 12.0 Å². The van der Waals surface area contributed by atoms with Crippen LogP contribution in [0.15, 0.2) is 6.07 Å². The minimum absolute atomic E-state index is 0.114. The van der Waals surface area contributed by atoms with Gasteiger partial charge in [0.25, 0.3) is 5.91 Å². The predicted molar refractivity (Wildman–Crippen MR) is 101 cm³/mol. The van der Waals surface area contributed by atoms with E-state index >= 15 is 0 Å². The highest BCUT2D eigenvalue weighted by Crippen LogP contribution is 2.42. The lowest BCUT2D eigenvalue weighted by Crippen LogP contribution is -2.46. The van der Waals surface area contributed by atoms with Crippen molar-refractivity contribution in [1.82, 2.24) is 14.8 Å². The van der Waals surface area contributed by atoms with E-state index in [0.29, 0.717) is 5.56 Å². The van der Waals surface area contributed by atoms with Gasteiger partial charge < -0.3 is 14.6 Å². The van der Waals surface area contributed by atoms with Gasteiger partial charge in [-0.25, -0.2) is 4.79 Å². The van der Waals surface area contributed by atoms with Crippen molar-refractivity contribution in [3.63, 3.8) is 0 Å². The molecule has 1 atom stereocenters. The van der Waals surface area contributed by atoms with Crippen molar-refractivity contribution in [1.29, 1.82) is 0 Å². The Bertz CT molecular complexity index is 852. The van der Waals surface area contributed by atoms with Gasteiger partial charge in [0.15, 0.2) is 6.61 Å². The molecule has 8 heteroatoms. The van der Waals surface area contributed by atoms with Crippen LogP contribution in [0.4, 0.5) is 4.79 Å². The second-order valence-corrected chi connectivity index (χ2v) is 8.13. The molecule has 0 aromatic carbocycles. The first-order valence-electron chi connectivity index (χ1n) is 9.57. The number of aromatic nitrogens is 1. The van der Waals surface area contributed by atoms with E-state index in [-0.39, 0.29) is 17.7 Å². The van der Waals surface area contributed by atoms with Gasteiger partial charge in [0.1, 0.15) is 12.1 Å². The summed E-state index contributed by atoms with van der Waals surface area (Å²) in [5.41, 5.74) is 1.35. The van der Waals surface area contributed by atoms with Crippen LogP contribution in [0.3, 0.4) is 0 Å². The lowest BCUT2D eigenvalue weighted by molar-refractivity contribution is -0.146. The molecule has 1 aromatic heterocycles. The lowest BCUT2D eigenvalue weighted by atomic mass is 9.96. The van der Waals surface area contributed by atoms with Crippen LogP contribution in [0.25, 0.3) is 0 Å². The molecule has 3 amide bonds. The summed E-state index contributed by atoms with van der Waals surface area (Å²) in [4.78, 5) is 50.1. The number of Topliss-reactive ketones (excluding diaryl/α,β-unsaturated/α-hetero) is 1. The zero-order valence-corrected chi connectivity index (χ0v) is 17.0. The highest BCUT2D eigenvalue weighted by atomic mass is 16.5. The first kappa shape index (κ1) is 20.1. The van der Waals surface area contributed by atoms with Crippen molar-refractivity contribution in [2.24, 2.45) is 5.92 Å². The van der Waals surface area contributed by atoms with Crippen molar-refractivity contribution < 1.29 is 23.9 Å². The number of nitrogens with one attached hydrogen (secondary N) is 1. The summed E-state index contributed by atoms with van der Waals surface area (Å²) in [5, 5.41) is 2.68. The van der Waals surface area contributed by atoms with Crippen LogP contribution in [0.2, 0.25) is 0 Å². The molecule has 1 N–H and O–H groups in total. The van der Waals surface area contributed by atoms with Crippen LogP contribution < -0.4 is 5.32 Å². The normalized spacial score (nSPS) is 22.0. The quantitative estimate of drug-likeness (QED) is 0.438. The maximum Gasteiger partial charge on any atom is 0.326 e. The van der Waals surface area contributed by atoms with Crippen molar-refractivity contribution in [3.8, 4) is 0 Å². The topological polar surface area (TPSA) is 97.7 Å². The third-order valence-electron chi connectivity index (χ3n) is 5.65. The van der Waals surface area contributed by atoms with Gasteiger partial charge in [-0.1, -0.05) is 0 Å². The maximum absolute atomic E-state index is 12.5. The smallest absolute Gasteiger partial charge is 0.326 e. The number of esters is 1. The van der Waals surface area contributed by atoms with Gasteiger partial charge in [0.05, 0.1) is 0 Å². The molecular formula is C20H27N3O5. The summed E-state index contributed by atoms with van der Waals surface area (Å²) in [6, 6.07) is 1.40. The molecule has 1 aliphatic heterocycles. The number of amides is 3. The second kappa shape index (κ2) is 7.07. The average Bonchev–Trinajstić information content (AvgIpc) is 3.38. The Morgan fingerprint density at radius 1 is 1.29 bits per heavy atom. The molecular weight excluding hydrogens is 362 g/mol. The molecule has 3 rings (SSSR count). The number of rotatable bonds is 7. The van der Waals surface area contributed by atoms with Gasteiger partial charge in [-0.2, -0.15) is 0 Å². The summed E-state index contributed by atoms with van der Waals surface area (Å²) in [6.07, 6.45) is 1.76. The van der Waals surface area contributed by atoms with Crippen LogP contribution in [-0.4, -0.2) is 51.8 Å². The van der Waals surface area contributed by atoms with E-state index < -0.39 is 36.6 Å². The SMILES string of the molecule is Cc1cc(C(=O)COC(=O)CN2C(=O)N[C@](C)(C3CC3)C2=O)c(C)n1C(C)C. The first-order chi connectivity index (χ1) is 13.1. The number of urea groups is 1. The predicted octanol–water partition coefficient (Wildman–Crippen LogP) is 2.13. The molecule has 1 aromatic rings. The fourth-order valence-electron chi connectivity index (χ4n) is 4.05. The Morgan fingerprint density at radius 2 is 1.93 bits per heavy atom. The average molecular weight is 389 g/mol. The van der Waals surface area contributed by atoms with E-state index in [0.717, 1.165) is 29.1 Å². The zero-order chi connectivity index (χ0) is 20.8. The highest BCUT2D eigenvalue weighted by Gasteiger charge is 2.56. The summed E-state index contributed by atoms with van der Waals surface area (Å²) in [7, 11) is 0. The molecule has 0 spiro atoms. The molecule has 1 saturated carbocycles. The minimum Gasteiger partial charge on any atom is -0.456 e. The first-order valence-corrected chi connectivity index (χ1v) is 9.57. The molecule has 0 radical (unpaired) electrons. The number of aryl methyl sites for hydroxylation is 1. The van der Waals surface area contributed by atoms with E-state index in [1.165, 1.54) is 0 Å². The summed E-state index contributed by atoms with van der Waals surface area (Å²) in [5.74, 6) is -1.39. The van der Waals surface area contributed by atoms with Gasteiger partial charge in [0, 0.05) is 23.0 Å². The molecule has 0 bridgehead atoms. The van der Waals surface area contributed by atoms with Crippen molar-refractivity contribution in [2.45, 2.75) is 59.0 Å². The van der Waals surface area contributed by atoms with Crippen LogP contribution in [0.1, 0.15) is 61.4 Å². The molecule has 8 nitrogen and oxygen atoms in total. The number of carbonyl (C=O) groups is 4. The number of ether oxygens (including phenoxy) is 1. The van der Waals surface area contributed by atoms with E-state index in [1.807, 2.05) is 32.3 Å². The van der Waals surface area contributed by atoms with E-state index in [9.17, 15) is 19.2 Å². The molecule has 2 heterocycles. The van der Waals surface area contributed by atoms with Crippen LogP contribution >= 0.6 is 0 Å². The van der Waals surface area contributed by atoms with E-state index in [2.05, 4.69) is 5.32 Å². The molecule has 2 aliphatic rings. The zero-order valence-electron chi connectivity index (χ0n) is 17.0.